The lowest BCUT2D eigenvalue weighted by molar-refractivity contribution is -0.0764. The quantitative estimate of drug-likeness (QED) is 0.769. The van der Waals surface area contributed by atoms with Gasteiger partial charge in [-0.05, 0) is 6.42 Å². The number of carbonyl (C=O) groups is 1. The van der Waals surface area contributed by atoms with Gasteiger partial charge in [-0.25, -0.2) is 19.1 Å². The van der Waals surface area contributed by atoms with Crippen LogP contribution in [0.15, 0.2) is 0 Å². The summed E-state index contributed by atoms with van der Waals surface area (Å²) in [5.41, 5.74) is 0. The molecule has 0 aliphatic carbocycles. The Morgan fingerprint density at radius 2 is 2.39 bits per heavy atom. The summed E-state index contributed by atoms with van der Waals surface area (Å²) in [5, 5.41) is 5.13. The molecule has 1 amide bonds. The molecule has 2 atom stereocenters. The molecule has 6 nitrogen and oxygen atoms in total. The molecule has 100 valence electrons. The highest BCUT2D eigenvalue weighted by atomic mass is 19.1. The second-order valence-corrected chi connectivity index (χ2v) is 4.37. The van der Waals surface area contributed by atoms with Crippen molar-refractivity contribution in [1.82, 2.24) is 19.8 Å². The lowest BCUT2D eigenvalue weighted by Crippen LogP contribution is -2.26. The SMILES string of the molecule is CCC[C@@H]1C[C@H](F)c2nc(C(=O)N(C)OC)nn21. The summed E-state index contributed by atoms with van der Waals surface area (Å²) in [6, 6.07) is 0.00176. The Bertz CT molecular complexity index is 448. The summed E-state index contributed by atoms with van der Waals surface area (Å²) in [4.78, 5) is 20.5. The summed E-state index contributed by atoms with van der Waals surface area (Å²) in [6.45, 7) is 2.03. The summed E-state index contributed by atoms with van der Waals surface area (Å²) >= 11 is 0. The van der Waals surface area contributed by atoms with Crippen molar-refractivity contribution in [2.24, 2.45) is 0 Å². The van der Waals surface area contributed by atoms with Gasteiger partial charge in [0.15, 0.2) is 12.0 Å². The molecule has 2 heterocycles. The Hall–Kier alpha value is -1.50. The molecule has 0 saturated carbocycles. The van der Waals surface area contributed by atoms with Crippen LogP contribution in [0.5, 0.6) is 0 Å². The molecule has 0 fully saturated rings. The Morgan fingerprint density at radius 1 is 1.67 bits per heavy atom. The van der Waals surface area contributed by atoms with Crippen LogP contribution in [0.2, 0.25) is 0 Å². The van der Waals surface area contributed by atoms with Crippen LogP contribution in [0.4, 0.5) is 4.39 Å². The zero-order valence-electron chi connectivity index (χ0n) is 10.8. The zero-order valence-corrected chi connectivity index (χ0v) is 10.8. The van der Waals surface area contributed by atoms with E-state index in [1.807, 2.05) is 6.92 Å². The Balaban J connectivity index is 2.26. The van der Waals surface area contributed by atoms with E-state index in [9.17, 15) is 9.18 Å². The molecule has 2 rings (SSSR count). The molecular formula is C11H17FN4O2. The van der Waals surface area contributed by atoms with Crippen molar-refractivity contribution < 1.29 is 14.0 Å². The lowest BCUT2D eigenvalue weighted by atomic mass is 10.1. The van der Waals surface area contributed by atoms with Crippen LogP contribution in [0, 0.1) is 0 Å². The van der Waals surface area contributed by atoms with Crippen molar-refractivity contribution in [2.75, 3.05) is 14.2 Å². The van der Waals surface area contributed by atoms with Gasteiger partial charge in [-0.1, -0.05) is 13.3 Å². The van der Waals surface area contributed by atoms with E-state index in [1.54, 1.807) is 4.68 Å². The highest BCUT2D eigenvalue weighted by Crippen LogP contribution is 2.37. The molecule has 1 aliphatic rings. The van der Waals surface area contributed by atoms with Crippen molar-refractivity contribution in [1.29, 1.82) is 0 Å². The first-order valence-corrected chi connectivity index (χ1v) is 6.01. The smallest absolute Gasteiger partial charge is 0.274 e. The van der Waals surface area contributed by atoms with E-state index < -0.39 is 12.1 Å². The molecule has 1 aromatic heterocycles. The highest BCUT2D eigenvalue weighted by Gasteiger charge is 2.35. The van der Waals surface area contributed by atoms with Gasteiger partial charge in [0, 0.05) is 13.5 Å². The van der Waals surface area contributed by atoms with E-state index in [0.717, 1.165) is 17.9 Å². The predicted molar refractivity (Wildman–Crippen MR) is 61.5 cm³/mol. The van der Waals surface area contributed by atoms with Crippen molar-refractivity contribution in [2.45, 2.75) is 38.4 Å². The first kappa shape index (κ1) is 12.9. The van der Waals surface area contributed by atoms with Crippen LogP contribution >= 0.6 is 0 Å². The van der Waals surface area contributed by atoms with Gasteiger partial charge in [0.1, 0.15) is 0 Å². The van der Waals surface area contributed by atoms with Crippen molar-refractivity contribution in [3.63, 3.8) is 0 Å². The maximum absolute atomic E-state index is 13.8. The molecule has 0 N–H and O–H groups in total. The number of nitrogens with zero attached hydrogens (tertiary/aromatic N) is 4. The number of hydrogen-bond donors (Lipinski definition) is 0. The summed E-state index contributed by atoms with van der Waals surface area (Å²) < 4.78 is 15.3. The van der Waals surface area contributed by atoms with Gasteiger partial charge in [-0.2, -0.15) is 0 Å². The van der Waals surface area contributed by atoms with Gasteiger partial charge in [0.2, 0.25) is 5.82 Å². The molecule has 0 bridgehead atoms. The van der Waals surface area contributed by atoms with Crippen LogP contribution in [-0.4, -0.2) is 39.9 Å². The topological polar surface area (TPSA) is 60.3 Å². The van der Waals surface area contributed by atoms with Crippen LogP contribution in [-0.2, 0) is 4.84 Å². The highest BCUT2D eigenvalue weighted by molar-refractivity contribution is 5.89. The lowest BCUT2D eigenvalue weighted by Gasteiger charge is -2.11. The average molecular weight is 256 g/mol. The number of fused-ring (bicyclic) bond motifs is 1. The molecule has 1 aromatic rings. The van der Waals surface area contributed by atoms with E-state index >= 15 is 0 Å². The van der Waals surface area contributed by atoms with Gasteiger partial charge in [-0.3, -0.25) is 9.63 Å². The fourth-order valence-electron chi connectivity index (χ4n) is 2.15. The molecule has 0 spiro atoms. The van der Waals surface area contributed by atoms with Gasteiger partial charge in [-0.15, -0.1) is 5.10 Å². The van der Waals surface area contributed by atoms with Crippen molar-refractivity contribution in [3.05, 3.63) is 11.6 Å². The van der Waals surface area contributed by atoms with Crippen LogP contribution < -0.4 is 0 Å². The molecule has 0 aromatic carbocycles. The second kappa shape index (κ2) is 5.01. The third-order valence-electron chi connectivity index (χ3n) is 3.14. The minimum Gasteiger partial charge on any atom is -0.274 e. The van der Waals surface area contributed by atoms with Crippen molar-refractivity contribution in [3.8, 4) is 0 Å². The maximum Gasteiger partial charge on any atom is 0.316 e. The normalized spacial score (nSPS) is 22.0. The number of amides is 1. The minimum atomic E-state index is -1.14. The molecule has 7 heteroatoms. The minimum absolute atomic E-state index is 0.00176. The third kappa shape index (κ3) is 2.10. The van der Waals surface area contributed by atoms with Gasteiger partial charge >= 0.3 is 5.91 Å². The average Bonchev–Trinajstić information content (AvgIpc) is 2.90. The number of hydroxylamine groups is 2. The summed E-state index contributed by atoms with van der Waals surface area (Å²) in [7, 11) is 2.84. The standard InChI is InChI=1S/C11H17FN4O2/c1-4-5-7-6-8(12)10-13-9(14-16(7)10)11(17)15(2)18-3/h7-8H,4-6H2,1-3H3/t7-,8+/m1/s1. The molecule has 0 unspecified atom stereocenters. The number of rotatable bonds is 4. The van der Waals surface area contributed by atoms with E-state index in [4.69, 9.17) is 4.84 Å². The number of hydrogen-bond acceptors (Lipinski definition) is 4. The van der Waals surface area contributed by atoms with E-state index in [1.165, 1.54) is 14.2 Å². The van der Waals surface area contributed by atoms with Crippen molar-refractivity contribution >= 4 is 5.91 Å². The Morgan fingerprint density at radius 3 is 3.00 bits per heavy atom. The molecule has 0 radical (unpaired) electrons. The summed E-state index contributed by atoms with van der Waals surface area (Å²) in [5.74, 6) is -0.235. The molecule has 1 aliphatic heterocycles. The van der Waals surface area contributed by atoms with Gasteiger partial charge < -0.3 is 0 Å². The van der Waals surface area contributed by atoms with Crippen LogP contribution in [0.25, 0.3) is 0 Å². The van der Waals surface area contributed by atoms with E-state index in [2.05, 4.69) is 10.1 Å². The Kier molecular flexibility index (Phi) is 3.60. The Labute approximate surface area is 105 Å². The number of carbonyl (C=O) groups excluding carboxylic acids is 1. The number of halogens is 1. The zero-order chi connectivity index (χ0) is 13.3. The summed E-state index contributed by atoms with van der Waals surface area (Å²) in [6.07, 6.45) is 1.05. The van der Waals surface area contributed by atoms with Crippen LogP contribution in [0.1, 0.15) is 54.8 Å². The first-order chi connectivity index (χ1) is 8.58. The first-order valence-electron chi connectivity index (χ1n) is 6.01. The second-order valence-electron chi connectivity index (χ2n) is 4.37. The molecular weight excluding hydrogens is 239 g/mol. The fourth-order valence-corrected chi connectivity index (χ4v) is 2.15. The fraction of sp³-hybridized carbons (Fsp3) is 0.727. The van der Waals surface area contributed by atoms with Gasteiger partial charge in [0.25, 0.3) is 0 Å². The van der Waals surface area contributed by atoms with E-state index in [-0.39, 0.29) is 17.7 Å². The predicted octanol–water partition coefficient (Wildman–Crippen LogP) is 1.67. The maximum atomic E-state index is 13.8. The largest absolute Gasteiger partial charge is 0.316 e. The molecule has 18 heavy (non-hydrogen) atoms. The van der Waals surface area contributed by atoms with Crippen LogP contribution in [0.3, 0.4) is 0 Å². The van der Waals surface area contributed by atoms with Gasteiger partial charge in [0.05, 0.1) is 13.2 Å². The number of aromatic nitrogens is 3. The third-order valence-corrected chi connectivity index (χ3v) is 3.14. The van der Waals surface area contributed by atoms with E-state index in [0.29, 0.717) is 6.42 Å². The number of alkyl halides is 1. The molecule has 0 saturated heterocycles. The monoisotopic (exact) mass is 256 g/mol.